The molecule has 3 aromatic rings. The number of hydrogen-bond donors (Lipinski definition) is 0. The molecular weight excluding hydrogens is 300 g/mol. The summed E-state index contributed by atoms with van der Waals surface area (Å²) in [4.78, 5) is 11.1. The highest BCUT2D eigenvalue weighted by atomic mass is 32.2. The minimum absolute atomic E-state index is 0.189. The zero-order chi connectivity index (χ0) is 15.4. The molecule has 0 bridgehead atoms. The van der Waals surface area contributed by atoms with Gasteiger partial charge in [0.05, 0.1) is 11.7 Å². The van der Waals surface area contributed by atoms with Crippen LogP contribution in [0.2, 0.25) is 0 Å². The summed E-state index contributed by atoms with van der Waals surface area (Å²) in [5, 5.41) is 23.3. The molecule has 2 aromatic carbocycles. The molecule has 0 spiro atoms. The molecular formula is C15H11N4O2S-. The predicted octanol–water partition coefficient (Wildman–Crippen LogP) is 1.32. The van der Waals surface area contributed by atoms with Gasteiger partial charge >= 0.3 is 0 Å². The Hall–Kier alpha value is -2.67. The summed E-state index contributed by atoms with van der Waals surface area (Å²) in [5.41, 5.74) is 1.71. The van der Waals surface area contributed by atoms with Crippen molar-refractivity contribution in [1.29, 1.82) is 0 Å². The van der Waals surface area contributed by atoms with E-state index in [-0.39, 0.29) is 5.56 Å². The third kappa shape index (κ3) is 2.99. The maximum absolute atomic E-state index is 11.1. The zero-order valence-corrected chi connectivity index (χ0v) is 12.2. The first-order valence-corrected chi connectivity index (χ1v) is 7.50. The number of hydrogen-bond acceptors (Lipinski definition) is 6. The van der Waals surface area contributed by atoms with Crippen molar-refractivity contribution in [2.45, 2.75) is 10.9 Å². The predicted molar refractivity (Wildman–Crippen MR) is 79.5 cm³/mol. The van der Waals surface area contributed by atoms with Crippen molar-refractivity contribution in [3.63, 3.8) is 0 Å². The van der Waals surface area contributed by atoms with Crippen LogP contribution in [0.1, 0.15) is 15.9 Å². The SMILES string of the molecule is O=C([O-])c1ccccc1CSc1nnnn1-c1ccccc1. The van der Waals surface area contributed by atoms with E-state index in [1.165, 1.54) is 17.8 Å². The van der Waals surface area contributed by atoms with E-state index < -0.39 is 5.97 Å². The first-order valence-electron chi connectivity index (χ1n) is 6.51. The van der Waals surface area contributed by atoms with E-state index in [4.69, 9.17) is 0 Å². The van der Waals surface area contributed by atoms with Gasteiger partial charge in [0.25, 0.3) is 0 Å². The van der Waals surface area contributed by atoms with Crippen LogP contribution in [0.3, 0.4) is 0 Å². The lowest BCUT2D eigenvalue weighted by Gasteiger charge is -2.09. The maximum Gasteiger partial charge on any atom is 0.214 e. The number of aromatic nitrogens is 4. The lowest BCUT2D eigenvalue weighted by Crippen LogP contribution is -2.23. The molecule has 1 aromatic heterocycles. The number of carbonyl (C=O) groups is 1. The Morgan fingerprint density at radius 1 is 1.09 bits per heavy atom. The number of benzene rings is 2. The molecule has 0 N–H and O–H groups in total. The summed E-state index contributed by atoms with van der Waals surface area (Å²) in [5.74, 6) is -0.740. The molecule has 0 unspecified atom stereocenters. The summed E-state index contributed by atoms with van der Waals surface area (Å²) >= 11 is 1.37. The van der Waals surface area contributed by atoms with Crippen LogP contribution in [0.15, 0.2) is 59.8 Å². The molecule has 0 aliphatic heterocycles. The Labute approximate surface area is 130 Å². The fraction of sp³-hybridized carbons (Fsp3) is 0.0667. The lowest BCUT2D eigenvalue weighted by atomic mass is 10.1. The minimum atomic E-state index is -1.18. The standard InChI is InChI=1S/C15H12N4O2S/c20-14(21)13-9-5-4-6-11(13)10-22-15-16-17-18-19(15)12-7-2-1-3-8-12/h1-9H,10H2,(H,20,21)/p-1. The Kier molecular flexibility index (Phi) is 4.15. The van der Waals surface area contributed by atoms with Crippen molar-refractivity contribution in [2.24, 2.45) is 0 Å². The number of carboxylic acids is 1. The van der Waals surface area contributed by atoms with E-state index in [2.05, 4.69) is 15.5 Å². The molecule has 0 aliphatic carbocycles. The van der Waals surface area contributed by atoms with E-state index in [9.17, 15) is 9.90 Å². The van der Waals surface area contributed by atoms with Gasteiger partial charge in [-0.1, -0.05) is 54.2 Å². The van der Waals surface area contributed by atoms with Crippen LogP contribution in [0.5, 0.6) is 0 Å². The molecule has 22 heavy (non-hydrogen) atoms. The summed E-state index contributed by atoms with van der Waals surface area (Å²) in [6.45, 7) is 0. The number of carbonyl (C=O) groups excluding carboxylic acids is 1. The van der Waals surface area contributed by atoms with E-state index in [1.807, 2.05) is 30.3 Å². The van der Waals surface area contributed by atoms with Crippen LogP contribution in [-0.2, 0) is 5.75 Å². The van der Waals surface area contributed by atoms with Gasteiger partial charge in [0.2, 0.25) is 5.16 Å². The largest absolute Gasteiger partial charge is 0.545 e. The fourth-order valence-corrected chi connectivity index (χ4v) is 2.88. The van der Waals surface area contributed by atoms with Crippen LogP contribution in [-0.4, -0.2) is 26.2 Å². The summed E-state index contributed by atoms with van der Waals surface area (Å²) in [6, 6.07) is 16.3. The maximum atomic E-state index is 11.1. The van der Waals surface area contributed by atoms with Crippen LogP contribution >= 0.6 is 11.8 Å². The Morgan fingerprint density at radius 3 is 2.59 bits per heavy atom. The molecule has 0 saturated heterocycles. The van der Waals surface area contributed by atoms with Crippen molar-refractivity contribution in [3.05, 3.63) is 65.7 Å². The van der Waals surface area contributed by atoms with Crippen molar-refractivity contribution >= 4 is 17.7 Å². The smallest absolute Gasteiger partial charge is 0.214 e. The average Bonchev–Trinajstić information content (AvgIpc) is 3.02. The molecule has 0 aliphatic rings. The van der Waals surface area contributed by atoms with Gasteiger partial charge in [-0.2, -0.15) is 4.68 Å². The second kappa shape index (κ2) is 6.40. The molecule has 0 saturated carbocycles. The first kappa shape index (κ1) is 14.3. The molecule has 0 amide bonds. The molecule has 110 valence electrons. The van der Waals surface area contributed by atoms with Gasteiger partial charge < -0.3 is 9.90 Å². The van der Waals surface area contributed by atoms with Crippen molar-refractivity contribution < 1.29 is 9.90 Å². The van der Waals surface area contributed by atoms with Gasteiger partial charge in [-0.15, -0.1) is 5.10 Å². The Balaban J connectivity index is 1.82. The highest BCUT2D eigenvalue weighted by molar-refractivity contribution is 7.98. The normalized spacial score (nSPS) is 10.5. The van der Waals surface area contributed by atoms with E-state index in [1.54, 1.807) is 22.9 Å². The molecule has 3 rings (SSSR count). The number of nitrogens with zero attached hydrogens (tertiary/aromatic N) is 4. The van der Waals surface area contributed by atoms with Crippen LogP contribution in [0.4, 0.5) is 0 Å². The third-order valence-corrected chi connectivity index (χ3v) is 4.00. The third-order valence-electron chi connectivity index (χ3n) is 3.04. The van der Waals surface area contributed by atoms with Crippen LogP contribution < -0.4 is 5.11 Å². The zero-order valence-electron chi connectivity index (χ0n) is 11.4. The molecule has 6 nitrogen and oxygen atoms in total. The molecule has 0 fully saturated rings. The quantitative estimate of drug-likeness (QED) is 0.661. The molecule has 0 atom stereocenters. The van der Waals surface area contributed by atoms with Gasteiger partial charge in [-0.05, 0) is 28.1 Å². The second-order valence-corrected chi connectivity index (χ2v) is 5.38. The monoisotopic (exact) mass is 311 g/mol. The summed E-state index contributed by atoms with van der Waals surface area (Å²) < 4.78 is 1.62. The second-order valence-electron chi connectivity index (χ2n) is 4.44. The number of tetrazole rings is 1. The lowest BCUT2D eigenvalue weighted by molar-refractivity contribution is -0.255. The number of para-hydroxylation sites is 1. The van der Waals surface area contributed by atoms with Gasteiger partial charge in [-0.3, -0.25) is 0 Å². The van der Waals surface area contributed by atoms with Crippen LogP contribution in [0, 0.1) is 0 Å². The summed E-state index contributed by atoms with van der Waals surface area (Å²) in [6.07, 6.45) is 0. The number of thioether (sulfide) groups is 1. The van der Waals surface area contributed by atoms with E-state index in [0.717, 1.165) is 5.69 Å². The average molecular weight is 311 g/mol. The highest BCUT2D eigenvalue weighted by Gasteiger charge is 2.10. The van der Waals surface area contributed by atoms with Gasteiger partial charge in [0.15, 0.2) is 0 Å². The van der Waals surface area contributed by atoms with Gasteiger partial charge in [0.1, 0.15) is 0 Å². The van der Waals surface area contributed by atoms with Crippen molar-refractivity contribution in [1.82, 2.24) is 20.2 Å². The van der Waals surface area contributed by atoms with E-state index in [0.29, 0.717) is 16.5 Å². The molecule has 7 heteroatoms. The number of carboxylic acid groups (broad SMARTS) is 1. The Bertz CT molecular complexity index is 789. The number of rotatable bonds is 5. The minimum Gasteiger partial charge on any atom is -0.545 e. The Morgan fingerprint density at radius 2 is 1.82 bits per heavy atom. The van der Waals surface area contributed by atoms with Gasteiger partial charge in [0, 0.05) is 11.3 Å². The highest BCUT2D eigenvalue weighted by Crippen LogP contribution is 2.23. The van der Waals surface area contributed by atoms with Gasteiger partial charge in [-0.25, -0.2) is 0 Å². The number of aromatic carboxylic acids is 1. The van der Waals surface area contributed by atoms with E-state index >= 15 is 0 Å². The van der Waals surface area contributed by atoms with Crippen molar-refractivity contribution in [2.75, 3.05) is 0 Å². The van der Waals surface area contributed by atoms with Crippen LogP contribution in [0.25, 0.3) is 5.69 Å². The molecule has 1 heterocycles. The fourth-order valence-electron chi connectivity index (χ4n) is 1.99. The topological polar surface area (TPSA) is 83.7 Å². The van der Waals surface area contributed by atoms with Crippen molar-refractivity contribution in [3.8, 4) is 5.69 Å². The molecule has 0 radical (unpaired) electrons. The summed E-state index contributed by atoms with van der Waals surface area (Å²) in [7, 11) is 0. The first-order chi connectivity index (χ1) is 10.8.